The molecule has 0 fully saturated rings. The summed E-state index contributed by atoms with van der Waals surface area (Å²) in [7, 11) is 0. The maximum Gasteiger partial charge on any atom is 0.164 e. The highest BCUT2D eigenvalue weighted by atomic mass is 32.1. The molecule has 3 heterocycles. The van der Waals surface area contributed by atoms with Crippen LogP contribution in [-0.2, 0) is 0 Å². The van der Waals surface area contributed by atoms with Crippen molar-refractivity contribution >= 4 is 77.1 Å². The molecule has 4 nitrogen and oxygen atoms in total. The molecule has 0 saturated carbocycles. The molecule has 0 atom stereocenters. The van der Waals surface area contributed by atoms with Crippen molar-refractivity contribution in [3.63, 3.8) is 0 Å². The van der Waals surface area contributed by atoms with Gasteiger partial charge in [-0.15, -0.1) is 11.3 Å². The van der Waals surface area contributed by atoms with Crippen LogP contribution in [-0.4, -0.2) is 15.0 Å². The summed E-state index contributed by atoms with van der Waals surface area (Å²) in [6, 6.07) is 40.0. The lowest BCUT2D eigenvalue weighted by atomic mass is 10.0. The molecule has 0 saturated heterocycles. The van der Waals surface area contributed by atoms with Crippen molar-refractivity contribution in [3.8, 4) is 34.2 Å². The Bertz CT molecular complexity index is 2730. The van der Waals surface area contributed by atoms with E-state index in [4.69, 9.17) is 19.4 Å². The summed E-state index contributed by atoms with van der Waals surface area (Å²) in [5.41, 5.74) is 5.63. The number of benzene rings is 6. The van der Waals surface area contributed by atoms with E-state index in [9.17, 15) is 0 Å². The molecular formula is C42H27N3OS. The van der Waals surface area contributed by atoms with Crippen LogP contribution in [0.4, 0.5) is 0 Å². The van der Waals surface area contributed by atoms with Crippen LogP contribution >= 0.6 is 11.3 Å². The second-order valence-corrected chi connectivity index (χ2v) is 12.8. The molecule has 3 aromatic heterocycles. The first-order chi connectivity index (χ1) is 23.1. The fourth-order valence-corrected chi connectivity index (χ4v) is 7.67. The molecule has 0 bridgehead atoms. The smallest absolute Gasteiger partial charge is 0.164 e. The van der Waals surface area contributed by atoms with Crippen molar-refractivity contribution in [1.82, 2.24) is 15.0 Å². The Morgan fingerprint density at radius 3 is 1.89 bits per heavy atom. The molecule has 9 rings (SSSR count). The van der Waals surface area contributed by atoms with Crippen LogP contribution < -0.4 is 0 Å². The Morgan fingerprint density at radius 2 is 1.17 bits per heavy atom. The minimum Gasteiger partial charge on any atom is -0.456 e. The lowest BCUT2D eigenvalue weighted by Gasteiger charge is -2.09. The van der Waals surface area contributed by atoms with E-state index >= 15 is 0 Å². The van der Waals surface area contributed by atoms with E-state index in [0.717, 1.165) is 55.0 Å². The van der Waals surface area contributed by atoms with E-state index in [1.54, 1.807) is 11.3 Å². The van der Waals surface area contributed by atoms with Gasteiger partial charge in [-0.2, -0.15) is 0 Å². The molecule has 0 spiro atoms. The maximum atomic E-state index is 6.29. The van der Waals surface area contributed by atoms with Gasteiger partial charge in [0.15, 0.2) is 17.5 Å². The number of hydrogen-bond donors (Lipinski definition) is 0. The number of rotatable bonds is 5. The summed E-state index contributed by atoms with van der Waals surface area (Å²) in [5, 5.41) is 7.93. The first kappa shape index (κ1) is 27.4. The SMILES string of the molecule is C=Cc1c(/C=C\C)sc2cc(-c3nc(-c4ccc5ccccc5c4)nc(-c4ccc5oc6cc7ccccc7cc6c5c4)n3)ccc12. The van der Waals surface area contributed by atoms with Crippen molar-refractivity contribution in [2.24, 2.45) is 0 Å². The second kappa shape index (κ2) is 10.9. The van der Waals surface area contributed by atoms with E-state index in [-0.39, 0.29) is 0 Å². The van der Waals surface area contributed by atoms with Crippen LogP contribution in [0.1, 0.15) is 17.4 Å². The van der Waals surface area contributed by atoms with E-state index in [2.05, 4.69) is 122 Å². The zero-order chi connectivity index (χ0) is 31.5. The minimum atomic E-state index is 0.614. The van der Waals surface area contributed by atoms with Gasteiger partial charge >= 0.3 is 0 Å². The monoisotopic (exact) mass is 621 g/mol. The largest absolute Gasteiger partial charge is 0.456 e. The van der Waals surface area contributed by atoms with Gasteiger partial charge in [-0.3, -0.25) is 0 Å². The summed E-state index contributed by atoms with van der Waals surface area (Å²) in [6.07, 6.45) is 6.14. The summed E-state index contributed by atoms with van der Waals surface area (Å²) in [5.74, 6) is 1.87. The van der Waals surface area contributed by atoms with Gasteiger partial charge in [-0.1, -0.05) is 91.5 Å². The quantitative estimate of drug-likeness (QED) is 0.192. The zero-order valence-electron chi connectivity index (χ0n) is 25.6. The highest BCUT2D eigenvalue weighted by molar-refractivity contribution is 7.20. The average Bonchev–Trinajstić information content (AvgIpc) is 3.66. The number of furan rings is 1. The molecule has 0 aliphatic heterocycles. The van der Waals surface area contributed by atoms with Gasteiger partial charge in [0.1, 0.15) is 11.2 Å². The van der Waals surface area contributed by atoms with Crippen molar-refractivity contribution in [2.75, 3.05) is 0 Å². The average molecular weight is 622 g/mol. The molecule has 0 radical (unpaired) electrons. The standard InChI is InChI=1S/C42H27N3OS/c1-3-9-38-32(4-2)33-18-16-31(24-39(33)47-38)42-44-40(29-15-14-25-10-5-6-11-26(25)20-29)43-41(45-42)30-17-19-36-34(22-30)35-21-27-12-7-8-13-28(27)23-37(35)46-36/h3-24H,2H2,1H3/b9-3-. The molecule has 0 amide bonds. The van der Waals surface area contributed by atoms with Crippen molar-refractivity contribution in [1.29, 1.82) is 0 Å². The highest BCUT2D eigenvalue weighted by Crippen LogP contribution is 2.38. The summed E-state index contributed by atoms with van der Waals surface area (Å²) < 4.78 is 7.46. The van der Waals surface area contributed by atoms with E-state index in [1.165, 1.54) is 25.7 Å². The maximum absolute atomic E-state index is 6.29. The van der Waals surface area contributed by atoms with E-state index in [0.29, 0.717) is 17.5 Å². The molecular weight excluding hydrogens is 595 g/mol. The normalized spacial score (nSPS) is 11.9. The van der Waals surface area contributed by atoms with Gasteiger partial charge in [-0.05, 0) is 82.6 Å². The van der Waals surface area contributed by atoms with Gasteiger partial charge in [0.2, 0.25) is 0 Å². The van der Waals surface area contributed by atoms with E-state index < -0.39 is 0 Å². The molecule has 47 heavy (non-hydrogen) atoms. The van der Waals surface area contributed by atoms with Crippen LogP contribution in [0.15, 0.2) is 132 Å². The van der Waals surface area contributed by atoms with Crippen molar-refractivity contribution in [3.05, 3.63) is 138 Å². The van der Waals surface area contributed by atoms with Crippen molar-refractivity contribution in [2.45, 2.75) is 6.92 Å². The molecule has 0 aliphatic carbocycles. The first-order valence-corrected chi connectivity index (χ1v) is 16.4. The number of fused-ring (bicyclic) bond motifs is 6. The Hall–Kier alpha value is -5.91. The van der Waals surface area contributed by atoms with E-state index in [1.807, 2.05) is 25.1 Å². The third-order valence-corrected chi connectivity index (χ3v) is 9.91. The Morgan fingerprint density at radius 1 is 0.574 bits per heavy atom. The summed E-state index contributed by atoms with van der Waals surface area (Å²) >= 11 is 1.75. The van der Waals surface area contributed by atoms with Gasteiger partial charge < -0.3 is 4.42 Å². The third-order valence-electron chi connectivity index (χ3n) is 8.78. The molecule has 222 valence electrons. The van der Waals surface area contributed by atoms with Crippen LogP contribution in [0, 0.1) is 0 Å². The molecule has 0 unspecified atom stereocenters. The summed E-state index contributed by atoms with van der Waals surface area (Å²) in [4.78, 5) is 16.4. The van der Waals surface area contributed by atoms with Crippen LogP contribution in [0.25, 0.3) is 99.9 Å². The molecule has 9 aromatic rings. The second-order valence-electron chi connectivity index (χ2n) is 11.7. The highest BCUT2D eigenvalue weighted by Gasteiger charge is 2.17. The Kier molecular flexibility index (Phi) is 6.33. The lowest BCUT2D eigenvalue weighted by Crippen LogP contribution is -2.00. The molecule has 0 N–H and O–H groups in total. The topological polar surface area (TPSA) is 51.8 Å². The Balaban J connectivity index is 1.25. The Labute approximate surface area is 275 Å². The predicted molar refractivity (Wildman–Crippen MR) is 199 cm³/mol. The number of thiophene rings is 1. The molecule has 6 aromatic carbocycles. The number of nitrogens with zero attached hydrogens (tertiary/aromatic N) is 3. The number of allylic oxidation sites excluding steroid dienone is 1. The fourth-order valence-electron chi connectivity index (χ4n) is 6.45. The minimum absolute atomic E-state index is 0.614. The van der Waals surface area contributed by atoms with Gasteiger partial charge in [0, 0.05) is 42.4 Å². The number of hydrogen-bond acceptors (Lipinski definition) is 5. The van der Waals surface area contributed by atoms with Crippen LogP contribution in [0.2, 0.25) is 0 Å². The molecule has 5 heteroatoms. The van der Waals surface area contributed by atoms with Gasteiger partial charge in [-0.25, -0.2) is 15.0 Å². The van der Waals surface area contributed by atoms with Crippen LogP contribution in [0.3, 0.4) is 0 Å². The fraction of sp³-hybridized carbons (Fsp3) is 0.0238. The lowest BCUT2D eigenvalue weighted by molar-refractivity contribution is 0.669. The van der Waals surface area contributed by atoms with Crippen LogP contribution in [0.5, 0.6) is 0 Å². The van der Waals surface area contributed by atoms with Gasteiger partial charge in [0.25, 0.3) is 0 Å². The zero-order valence-corrected chi connectivity index (χ0v) is 26.4. The van der Waals surface area contributed by atoms with Crippen molar-refractivity contribution < 1.29 is 4.42 Å². The summed E-state index contributed by atoms with van der Waals surface area (Å²) in [6.45, 7) is 6.11. The van der Waals surface area contributed by atoms with Gasteiger partial charge in [0.05, 0.1) is 0 Å². The predicted octanol–water partition coefficient (Wildman–Crippen LogP) is 12.0. The molecule has 0 aliphatic rings. The number of aromatic nitrogens is 3. The first-order valence-electron chi connectivity index (χ1n) is 15.6. The third kappa shape index (κ3) is 4.63.